The van der Waals surface area contributed by atoms with E-state index in [1.54, 1.807) is 36.9 Å². The van der Waals surface area contributed by atoms with Crippen LogP contribution in [0.5, 0.6) is 5.75 Å². The molecule has 5 heterocycles. The van der Waals surface area contributed by atoms with E-state index in [1.807, 2.05) is 18.2 Å². The molecule has 1 fully saturated rings. The largest absolute Gasteiger partial charge is 0.495 e. The van der Waals surface area contributed by atoms with Gasteiger partial charge in [-0.2, -0.15) is 23.5 Å². The lowest BCUT2D eigenvalue weighted by Crippen LogP contribution is -2.62. The zero-order valence-corrected chi connectivity index (χ0v) is 58.3. The zero-order chi connectivity index (χ0) is 72.3. The fourth-order valence-corrected chi connectivity index (χ4v) is 14.3. The first-order valence-electron chi connectivity index (χ1n) is 33.2. The molecule has 0 spiro atoms. The van der Waals surface area contributed by atoms with E-state index in [2.05, 4.69) is 68.5 Å². The molecule has 4 aromatic carbocycles. The van der Waals surface area contributed by atoms with Gasteiger partial charge in [-0.1, -0.05) is 41.9 Å². The standard InChI is InChI=1S/C70H83ClF2N14O12S2/c1-39-62(91)82-54(27-43-33-77-51-14-12-45(72)29-48(43)51)64(93)83-55(28-44-34-78-52-15-13-46(73)30-49(44)52)65(94)85-57(32-61(89)90)67(96)84-56(31-47-35-75-38-79-47)66(95)86-58(26-40-11-16-59(99-3)50(71)25-40)68(97)87-21-7-18-70(87,2)69(98)76-20-23-101-37-42-9-6-8-41(24-42)36-100-22-17-60(88)81-53(63(92)80-39)10-4-5-19-74/h6,8-9,11-16,24-25,29-30,33-35,38-39,53-58,77-78H,4-5,7,10,17-23,26-28,31-32,36-37,74H2,1-3H3,(H,75,79)(H,76,98)(H,80,92)(H,81,88)(H,82,91)(H,83,93)(H,84,96)(H,85,94)(H,86,95)(H,89,90)/t39-,53+,54+,55+,56+,57+,58+,70+/m1/s1. The van der Waals surface area contributed by atoms with Crippen molar-refractivity contribution in [1.29, 1.82) is 0 Å². The molecule has 2 bridgehead atoms. The molecule has 1 saturated heterocycles. The van der Waals surface area contributed by atoms with Crippen molar-refractivity contribution in [2.75, 3.05) is 38.2 Å². The Labute approximate surface area is 594 Å². The molecule has 538 valence electrons. The molecule has 3 aromatic heterocycles. The van der Waals surface area contributed by atoms with E-state index in [4.69, 9.17) is 22.1 Å². The number of aliphatic carboxylic acids is 1. The van der Waals surface area contributed by atoms with Crippen molar-refractivity contribution in [3.63, 3.8) is 0 Å². The lowest BCUT2D eigenvalue weighted by atomic mass is 9.95. The van der Waals surface area contributed by atoms with E-state index in [-0.39, 0.29) is 73.3 Å². The van der Waals surface area contributed by atoms with Crippen LogP contribution in [0.2, 0.25) is 5.02 Å². The maximum Gasteiger partial charge on any atom is 0.305 e. The second-order valence-electron chi connectivity index (χ2n) is 25.2. The number of nitrogens with zero attached hydrogens (tertiary/aromatic N) is 2. The second-order valence-corrected chi connectivity index (χ2v) is 27.8. The molecule has 0 unspecified atom stereocenters. The lowest BCUT2D eigenvalue weighted by molar-refractivity contribution is -0.146. The summed E-state index contributed by atoms with van der Waals surface area (Å²) in [5.74, 6) is -7.96. The molecule has 0 radical (unpaired) electrons. The van der Waals surface area contributed by atoms with Crippen LogP contribution in [-0.4, -0.2) is 175 Å². The normalized spacial score (nSPS) is 22.7. The number of ether oxygens (including phenoxy) is 1. The highest BCUT2D eigenvalue weighted by atomic mass is 35.5. The SMILES string of the molecule is COc1ccc(C[C@@H]2NC(=O)[C@H](Cc3c[nH]cn3)NC(=O)[C@H](CC(=O)O)NC(=O)[C@H](Cc3c[nH]c4ccc(F)cc34)NC(=O)[C@H](Cc3c[nH]c4ccc(F)cc34)NC(=O)[C@@H](C)NC(=O)[C@H](CCCCN)NC(=O)CCSCc3cccc(c3)CSCCNC(=O)[C@]3(C)CCCN3C2=O)cc1Cl. The van der Waals surface area contributed by atoms with Crippen LogP contribution < -0.4 is 53.0 Å². The van der Waals surface area contributed by atoms with E-state index >= 15 is 19.2 Å². The van der Waals surface area contributed by atoms with Gasteiger partial charge in [0.1, 0.15) is 65.2 Å². The summed E-state index contributed by atoms with van der Waals surface area (Å²) in [4.78, 5) is 159. The van der Waals surface area contributed by atoms with Crippen LogP contribution in [0.15, 0.2) is 104 Å². The Balaban J connectivity index is 1.06. The Kier molecular flexibility index (Phi) is 26.7. The first-order valence-corrected chi connectivity index (χ1v) is 35.8. The molecule has 14 N–H and O–H groups in total. The van der Waals surface area contributed by atoms with Crippen molar-refractivity contribution in [2.45, 2.75) is 144 Å². The number of H-pyrrole nitrogens is 3. The molecular formula is C70H83ClF2N14O12S2. The van der Waals surface area contributed by atoms with E-state index in [1.165, 1.54) is 92.0 Å². The third-order valence-electron chi connectivity index (χ3n) is 17.7. The number of methoxy groups -OCH3 is 1. The number of carboxylic acids is 1. The van der Waals surface area contributed by atoms with Gasteiger partial charge in [0.15, 0.2) is 0 Å². The number of fused-ring (bicyclic) bond motifs is 5. The number of imidazole rings is 1. The van der Waals surface area contributed by atoms with Gasteiger partial charge >= 0.3 is 5.97 Å². The third-order valence-corrected chi connectivity index (χ3v) is 20.1. The molecule has 0 saturated carbocycles. The van der Waals surface area contributed by atoms with Gasteiger partial charge in [-0.3, -0.25) is 47.9 Å². The molecule has 2 aliphatic heterocycles. The van der Waals surface area contributed by atoms with E-state index in [0.717, 1.165) is 11.1 Å². The number of carbonyl (C=O) groups excluding carboxylic acids is 9. The molecule has 2 aliphatic rings. The Morgan fingerprint density at radius 2 is 1.27 bits per heavy atom. The highest BCUT2D eigenvalue weighted by Gasteiger charge is 2.48. The molecule has 8 atom stereocenters. The summed E-state index contributed by atoms with van der Waals surface area (Å²) < 4.78 is 35.3. The number of benzene rings is 4. The van der Waals surface area contributed by atoms with Crippen LogP contribution in [0.25, 0.3) is 21.8 Å². The quantitative estimate of drug-likeness (QED) is 0.0620. The first kappa shape index (κ1) is 75.7. The van der Waals surface area contributed by atoms with E-state index in [9.17, 15) is 42.7 Å². The number of rotatable bonds is 15. The van der Waals surface area contributed by atoms with Crippen LogP contribution >= 0.6 is 35.1 Å². The van der Waals surface area contributed by atoms with Crippen molar-refractivity contribution in [3.05, 3.63) is 154 Å². The van der Waals surface area contributed by atoms with Crippen LogP contribution in [0, 0.1) is 11.6 Å². The number of carboxylic acid groups (broad SMARTS) is 1. The number of carbonyl (C=O) groups is 10. The number of thioether (sulfide) groups is 2. The monoisotopic (exact) mass is 1450 g/mol. The highest BCUT2D eigenvalue weighted by molar-refractivity contribution is 7.98. The number of unbranched alkanes of at least 4 members (excludes halogenated alkanes) is 1. The number of aromatic amines is 3. The minimum atomic E-state index is -2.02. The fourth-order valence-electron chi connectivity index (χ4n) is 12.3. The average molecular weight is 1450 g/mol. The second kappa shape index (κ2) is 35.7. The summed E-state index contributed by atoms with van der Waals surface area (Å²) in [6.07, 6.45) is 5.09. The maximum atomic E-state index is 15.2. The minimum absolute atomic E-state index is 0.0506. The first-order chi connectivity index (χ1) is 48.5. The predicted molar refractivity (Wildman–Crippen MR) is 378 cm³/mol. The number of hydrogen-bond donors (Lipinski definition) is 13. The summed E-state index contributed by atoms with van der Waals surface area (Å²) in [5, 5.41) is 32.8. The summed E-state index contributed by atoms with van der Waals surface area (Å²) in [6.45, 7) is 3.70. The third kappa shape index (κ3) is 20.6. The van der Waals surface area contributed by atoms with Crippen molar-refractivity contribution >= 4 is 116 Å². The van der Waals surface area contributed by atoms with E-state index in [0.29, 0.717) is 82.1 Å². The molecule has 7 aromatic rings. The number of hydrogen-bond acceptors (Lipinski definition) is 15. The van der Waals surface area contributed by atoms with Gasteiger partial charge in [-0.15, -0.1) is 0 Å². The smallest absolute Gasteiger partial charge is 0.305 e. The molecule has 9 amide bonds. The summed E-state index contributed by atoms with van der Waals surface area (Å²) in [6, 6.07) is 9.43. The minimum Gasteiger partial charge on any atom is -0.495 e. The number of amides is 9. The van der Waals surface area contributed by atoms with Gasteiger partial charge < -0.3 is 78.0 Å². The molecule has 0 aliphatic carbocycles. The Bertz CT molecular complexity index is 4140. The van der Waals surface area contributed by atoms with Gasteiger partial charge in [0.05, 0.1) is 30.6 Å². The van der Waals surface area contributed by atoms with Gasteiger partial charge in [-0.05, 0) is 129 Å². The van der Waals surface area contributed by atoms with Crippen LogP contribution in [-0.2, 0) is 85.1 Å². The summed E-state index contributed by atoms with van der Waals surface area (Å²) >= 11 is 9.71. The Hall–Kier alpha value is -9.52. The molecule has 31 heteroatoms. The van der Waals surface area contributed by atoms with Crippen LogP contribution in [0.4, 0.5) is 8.78 Å². The van der Waals surface area contributed by atoms with E-state index < -0.39 is 131 Å². The Morgan fingerprint density at radius 1 is 0.683 bits per heavy atom. The summed E-state index contributed by atoms with van der Waals surface area (Å²) in [5.41, 5.74) is 8.62. The van der Waals surface area contributed by atoms with Gasteiger partial charge in [0.2, 0.25) is 53.2 Å². The number of halogens is 3. The number of aromatic nitrogens is 4. The lowest BCUT2D eigenvalue weighted by Gasteiger charge is -2.36. The zero-order valence-electron chi connectivity index (χ0n) is 55.9. The van der Waals surface area contributed by atoms with Crippen LogP contribution in [0.3, 0.4) is 0 Å². The fraction of sp³-hybridized carbons (Fsp3) is 0.414. The molecular weight excluding hydrogens is 1370 g/mol. The molecule has 9 rings (SSSR count). The van der Waals surface area contributed by atoms with Crippen molar-refractivity contribution in [3.8, 4) is 5.75 Å². The topological polar surface area (TPSA) is 386 Å². The van der Waals surface area contributed by atoms with Gasteiger partial charge in [0.25, 0.3) is 0 Å². The van der Waals surface area contributed by atoms with Gasteiger partial charge in [-0.25, -0.2) is 13.8 Å². The predicted octanol–water partition coefficient (Wildman–Crippen LogP) is 4.67. The van der Waals surface area contributed by atoms with Crippen molar-refractivity contribution in [1.82, 2.24) is 67.4 Å². The molecule has 101 heavy (non-hydrogen) atoms. The average Bonchev–Trinajstić information content (AvgIpc) is 1.69. The molecule has 26 nitrogen and oxygen atoms in total. The Morgan fingerprint density at radius 3 is 1.86 bits per heavy atom. The number of nitrogens with two attached hydrogens (primary N) is 1. The van der Waals surface area contributed by atoms with Crippen LogP contribution in [0.1, 0.15) is 92.3 Å². The number of nitrogens with one attached hydrogen (secondary N) is 11. The van der Waals surface area contributed by atoms with Gasteiger partial charge in [0, 0.05) is 109 Å². The highest BCUT2D eigenvalue weighted by Crippen LogP contribution is 2.32. The van der Waals surface area contributed by atoms with Crippen molar-refractivity contribution < 1.29 is 66.6 Å². The van der Waals surface area contributed by atoms with Crippen molar-refractivity contribution in [2.24, 2.45) is 5.73 Å². The maximum absolute atomic E-state index is 15.2. The summed E-state index contributed by atoms with van der Waals surface area (Å²) in [7, 11) is 1.43.